The maximum Gasteiger partial charge on any atom is 0.275 e. The van der Waals surface area contributed by atoms with E-state index >= 15 is 0 Å². The first-order chi connectivity index (χ1) is 3.06. The van der Waals surface area contributed by atoms with Crippen molar-refractivity contribution in [3.63, 3.8) is 0 Å². The van der Waals surface area contributed by atoms with Gasteiger partial charge in [0.25, 0.3) is 5.97 Å². The smallest absolute Gasteiger partial charge is 0.275 e. The van der Waals surface area contributed by atoms with Crippen LogP contribution in [0.4, 0.5) is 0 Å². The molecule has 0 aromatic rings. The summed E-state index contributed by atoms with van der Waals surface area (Å²) < 4.78 is 0. The van der Waals surface area contributed by atoms with E-state index in [1.807, 2.05) is 0 Å². The molecule has 0 unspecified atom stereocenters. The number of aliphatic hydroxyl groups is 3. The summed E-state index contributed by atoms with van der Waals surface area (Å²) in [5.74, 6) is -2.45. The standard InChI is InChI=1S/C4H10O3.Nb/c1-2-3-4(5,6)7;/h5-7H,2-3H2,1H3;. The first-order valence-corrected chi connectivity index (χ1v) is 2.23. The third-order valence-corrected chi connectivity index (χ3v) is 0.585. The van der Waals surface area contributed by atoms with Gasteiger partial charge in [-0.3, -0.25) is 0 Å². The van der Waals surface area contributed by atoms with Crippen molar-refractivity contribution in [3.8, 4) is 0 Å². The summed E-state index contributed by atoms with van der Waals surface area (Å²) in [6.45, 7) is 1.75. The molecule has 0 spiro atoms. The van der Waals surface area contributed by atoms with E-state index in [4.69, 9.17) is 15.3 Å². The molecule has 1 radical (unpaired) electrons. The van der Waals surface area contributed by atoms with Gasteiger partial charge in [-0.15, -0.1) is 0 Å². The molecule has 49 valence electrons. The van der Waals surface area contributed by atoms with Crippen LogP contribution < -0.4 is 0 Å². The van der Waals surface area contributed by atoms with Gasteiger partial charge in [-0.2, -0.15) is 0 Å². The molecule has 0 aromatic heterocycles. The van der Waals surface area contributed by atoms with E-state index in [0.717, 1.165) is 0 Å². The Morgan fingerprint density at radius 1 is 1.25 bits per heavy atom. The Labute approximate surface area is 63.9 Å². The second-order valence-corrected chi connectivity index (χ2v) is 1.52. The molecule has 4 heteroatoms. The zero-order chi connectivity index (χ0) is 5.91. The summed E-state index contributed by atoms with van der Waals surface area (Å²) >= 11 is 0. The Bertz CT molecular complexity index is 49.7. The van der Waals surface area contributed by atoms with Gasteiger partial charge in [0.15, 0.2) is 0 Å². The molecule has 0 amide bonds. The molecule has 3 nitrogen and oxygen atoms in total. The second-order valence-electron chi connectivity index (χ2n) is 1.52. The molecule has 8 heavy (non-hydrogen) atoms. The molecule has 0 saturated heterocycles. The molecular formula is C4H10NbO3. The van der Waals surface area contributed by atoms with E-state index in [-0.39, 0.29) is 28.8 Å². The van der Waals surface area contributed by atoms with Gasteiger partial charge in [-0.25, -0.2) is 0 Å². The Morgan fingerprint density at radius 3 is 1.62 bits per heavy atom. The van der Waals surface area contributed by atoms with Gasteiger partial charge in [-0.05, 0) is 6.42 Å². The van der Waals surface area contributed by atoms with E-state index in [1.165, 1.54) is 0 Å². The summed E-state index contributed by atoms with van der Waals surface area (Å²) in [6, 6.07) is 0. The summed E-state index contributed by atoms with van der Waals surface area (Å²) in [6.07, 6.45) is 0.566. The van der Waals surface area contributed by atoms with Gasteiger partial charge in [0.2, 0.25) is 0 Å². The first-order valence-electron chi connectivity index (χ1n) is 2.23. The molecule has 0 aliphatic heterocycles. The zero-order valence-electron chi connectivity index (χ0n) is 4.70. The van der Waals surface area contributed by atoms with Crippen molar-refractivity contribution >= 4 is 0 Å². The molecule has 0 saturated carbocycles. The second kappa shape index (κ2) is 4.49. The largest absolute Gasteiger partial charge is 0.344 e. The summed E-state index contributed by atoms with van der Waals surface area (Å²) in [5, 5.41) is 24.4. The van der Waals surface area contributed by atoms with Gasteiger partial charge in [-0.1, -0.05) is 6.92 Å². The van der Waals surface area contributed by atoms with Crippen LogP contribution in [0.15, 0.2) is 0 Å². The van der Waals surface area contributed by atoms with E-state index in [2.05, 4.69) is 0 Å². The van der Waals surface area contributed by atoms with Gasteiger partial charge < -0.3 is 15.3 Å². The average molecular weight is 199 g/mol. The van der Waals surface area contributed by atoms with Crippen molar-refractivity contribution in [1.82, 2.24) is 0 Å². The average Bonchev–Trinajstić information content (AvgIpc) is 1.30. The Balaban J connectivity index is 0. The molecule has 0 bridgehead atoms. The van der Waals surface area contributed by atoms with Crippen LogP contribution in [0.1, 0.15) is 19.8 Å². The summed E-state index contributed by atoms with van der Waals surface area (Å²) in [7, 11) is 0. The van der Waals surface area contributed by atoms with Crippen LogP contribution in [0, 0.1) is 0 Å². The molecule has 3 N–H and O–H groups in total. The first kappa shape index (κ1) is 11.4. The van der Waals surface area contributed by atoms with Crippen LogP contribution in [-0.2, 0) is 22.4 Å². The Kier molecular flexibility index (Phi) is 6.42. The minimum atomic E-state index is -2.45. The monoisotopic (exact) mass is 199 g/mol. The molecule has 0 fully saturated rings. The van der Waals surface area contributed by atoms with Gasteiger partial charge in [0, 0.05) is 28.8 Å². The van der Waals surface area contributed by atoms with Crippen LogP contribution in [0.2, 0.25) is 0 Å². The van der Waals surface area contributed by atoms with E-state index in [1.54, 1.807) is 6.92 Å². The third-order valence-electron chi connectivity index (χ3n) is 0.585. The molecular weight excluding hydrogens is 189 g/mol. The number of hydrogen-bond donors (Lipinski definition) is 3. The fraction of sp³-hybridized carbons (Fsp3) is 1.00. The molecule has 0 rings (SSSR count). The SMILES string of the molecule is CCCC(O)(O)O.[Nb]. The Hall–Kier alpha value is 0.620. The van der Waals surface area contributed by atoms with E-state index in [0.29, 0.717) is 6.42 Å². The fourth-order valence-electron chi connectivity index (χ4n) is 0.335. The van der Waals surface area contributed by atoms with Crippen molar-refractivity contribution in [2.45, 2.75) is 25.7 Å². The van der Waals surface area contributed by atoms with Crippen molar-refractivity contribution in [3.05, 3.63) is 0 Å². The van der Waals surface area contributed by atoms with Crippen LogP contribution in [0.25, 0.3) is 0 Å². The molecule has 0 aromatic carbocycles. The van der Waals surface area contributed by atoms with Gasteiger partial charge in [0.05, 0.1) is 0 Å². The maximum atomic E-state index is 8.13. The fourth-order valence-corrected chi connectivity index (χ4v) is 0.335. The predicted molar refractivity (Wildman–Crippen MR) is 24.3 cm³/mol. The van der Waals surface area contributed by atoms with E-state index < -0.39 is 5.97 Å². The number of rotatable bonds is 2. The summed E-state index contributed by atoms with van der Waals surface area (Å²) in [4.78, 5) is 0. The Morgan fingerprint density at radius 2 is 1.62 bits per heavy atom. The van der Waals surface area contributed by atoms with Crippen LogP contribution in [-0.4, -0.2) is 21.3 Å². The normalized spacial score (nSPS) is 10.5. The molecule has 0 atom stereocenters. The molecule has 0 aliphatic carbocycles. The van der Waals surface area contributed by atoms with Crippen molar-refractivity contribution < 1.29 is 37.7 Å². The summed E-state index contributed by atoms with van der Waals surface area (Å²) in [5.41, 5.74) is 0. The minimum absolute atomic E-state index is 0. The van der Waals surface area contributed by atoms with Crippen LogP contribution in [0.3, 0.4) is 0 Å². The van der Waals surface area contributed by atoms with Crippen molar-refractivity contribution in [2.24, 2.45) is 0 Å². The van der Waals surface area contributed by atoms with Crippen molar-refractivity contribution in [2.75, 3.05) is 0 Å². The maximum absolute atomic E-state index is 8.13. The molecule has 0 heterocycles. The number of hydrogen-bond acceptors (Lipinski definition) is 3. The zero-order valence-corrected chi connectivity index (χ0v) is 6.90. The third kappa shape index (κ3) is 9.80. The van der Waals surface area contributed by atoms with Crippen LogP contribution >= 0.6 is 0 Å². The van der Waals surface area contributed by atoms with Crippen LogP contribution in [0.5, 0.6) is 0 Å². The van der Waals surface area contributed by atoms with Crippen molar-refractivity contribution in [1.29, 1.82) is 0 Å². The predicted octanol–water partition coefficient (Wildman–Crippen LogP) is -0.585. The van der Waals surface area contributed by atoms with Gasteiger partial charge >= 0.3 is 0 Å². The quantitative estimate of drug-likeness (QED) is 0.411. The van der Waals surface area contributed by atoms with E-state index in [9.17, 15) is 0 Å². The minimum Gasteiger partial charge on any atom is -0.344 e. The molecule has 0 aliphatic rings. The topological polar surface area (TPSA) is 60.7 Å². The van der Waals surface area contributed by atoms with Gasteiger partial charge in [0.1, 0.15) is 0 Å².